The van der Waals surface area contributed by atoms with Gasteiger partial charge in [0, 0.05) is 24.9 Å². The van der Waals surface area contributed by atoms with Crippen molar-refractivity contribution in [3.8, 4) is 0 Å². The molecule has 1 saturated heterocycles. The molecular weight excluding hydrogens is 244 g/mol. The Morgan fingerprint density at radius 3 is 2.65 bits per heavy atom. The molecule has 1 aliphatic rings. The molecule has 0 bridgehead atoms. The van der Waals surface area contributed by atoms with E-state index in [0.717, 1.165) is 5.56 Å². The number of benzene rings is 1. The van der Waals surface area contributed by atoms with Crippen LogP contribution in [0.4, 0.5) is 8.78 Å². The highest BCUT2D eigenvalue weighted by molar-refractivity contribution is 6.18. The Labute approximate surface area is 105 Å². The van der Waals surface area contributed by atoms with Crippen LogP contribution in [0.15, 0.2) is 30.3 Å². The lowest BCUT2D eigenvalue weighted by Crippen LogP contribution is -2.48. The van der Waals surface area contributed by atoms with Crippen LogP contribution >= 0.6 is 11.6 Å². The van der Waals surface area contributed by atoms with Crippen molar-refractivity contribution < 1.29 is 8.78 Å². The van der Waals surface area contributed by atoms with E-state index in [1.54, 1.807) is 4.90 Å². The van der Waals surface area contributed by atoms with Gasteiger partial charge in [-0.2, -0.15) is 0 Å². The maximum absolute atomic E-state index is 13.4. The quantitative estimate of drug-likeness (QED) is 0.751. The summed E-state index contributed by atoms with van der Waals surface area (Å²) >= 11 is 5.85. The van der Waals surface area contributed by atoms with Gasteiger partial charge in [-0.1, -0.05) is 30.3 Å². The smallest absolute Gasteiger partial charge is 0.260 e. The van der Waals surface area contributed by atoms with Gasteiger partial charge in [-0.25, -0.2) is 8.78 Å². The maximum Gasteiger partial charge on any atom is 0.260 e. The Hall–Kier alpha value is -0.670. The zero-order valence-electron chi connectivity index (χ0n) is 9.58. The molecule has 2 rings (SSSR count). The molecule has 17 heavy (non-hydrogen) atoms. The zero-order chi connectivity index (χ0) is 12.3. The first-order valence-corrected chi connectivity index (χ1v) is 6.36. The molecule has 1 aliphatic heterocycles. The standard InChI is InChI=1S/C13H16ClF2N/c14-8-12-6-7-13(15,16)10-17(12)9-11-4-2-1-3-5-11/h1-5,12H,6-10H2. The van der Waals surface area contributed by atoms with Gasteiger partial charge in [0.05, 0.1) is 6.54 Å². The molecule has 1 unspecified atom stereocenters. The summed E-state index contributed by atoms with van der Waals surface area (Å²) in [6.45, 7) is 0.368. The largest absolute Gasteiger partial charge is 0.289 e. The van der Waals surface area contributed by atoms with Crippen LogP contribution in [-0.4, -0.2) is 29.3 Å². The molecule has 0 amide bonds. The Morgan fingerprint density at radius 2 is 2.00 bits per heavy atom. The number of alkyl halides is 3. The van der Waals surface area contributed by atoms with Crippen molar-refractivity contribution in [1.82, 2.24) is 4.90 Å². The lowest BCUT2D eigenvalue weighted by atomic mass is 9.99. The number of hydrogen-bond donors (Lipinski definition) is 0. The minimum atomic E-state index is -2.57. The van der Waals surface area contributed by atoms with Crippen molar-refractivity contribution in [3.05, 3.63) is 35.9 Å². The highest BCUT2D eigenvalue weighted by Crippen LogP contribution is 2.31. The number of hydrogen-bond acceptors (Lipinski definition) is 1. The Bertz CT molecular complexity index is 356. The molecule has 1 fully saturated rings. The second kappa shape index (κ2) is 5.32. The molecule has 0 spiro atoms. The van der Waals surface area contributed by atoms with Crippen LogP contribution in [-0.2, 0) is 6.54 Å². The Balaban J connectivity index is 2.06. The Kier molecular flexibility index (Phi) is 4.00. The lowest BCUT2D eigenvalue weighted by Gasteiger charge is -2.38. The van der Waals surface area contributed by atoms with Gasteiger partial charge in [-0.05, 0) is 12.0 Å². The fraction of sp³-hybridized carbons (Fsp3) is 0.538. The van der Waals surface area contributed by atoms with Gasteiger partial charge in [-0.15, -0.1) is 11.6 Å². The Morgan fingerprint density at radius 1 is 1.29 bits per heavy atom. The predicted molar refractivity (Wildman–Crippen MR) is 65.5 cm³/mol. The minimum Gasteiger partial charge on any atom is -0.289 e. The summed E-state index contributed by atoms with van der Waals surface area (Å²) in [5, 5.41) is 0. The second-order valence-electron chi connectivity index (χ2n) is 4.59. The normalized spacial score (nSPS) is 24.8. The summed E-state index contributed by atoms with van der Waals surface area (Å²) < 4.78 is 26.8. The van der Waals surface area contributed by atoms with Crippen LogP contribution in [0.25, 0.3) is 0 Å². The van der Waals surface area contributed by atoms with E-state index < -0.39 is 5.92 Å². The summed E-state index contributed by atoms with van der Waals surface area (Å²) in [4.78, 5) is 1.80. The van der Waals surface area contributed by atoms with Crippen LogP contribution in [0.2, 0.25) is 0 Å². The SMILES string of the molecule is FC1(F)CCC(CCl)N(Cc2ccccc2)C1. The van der Waals surface area contributed by atoms with Gasteiger partial charge in [0.1, 0.15) is 0 Å². The molecule has 1 nitrogen and oxygen atoms in total. The molecule has 1 aromatic rings. The van der Waals surface area contributed by atoms with Crippen molar-refractivity contribution in [3.63, 3.8) is 0 Å². The molecule has 94 valence electrons. The summed E-state index contributed by atoms with van der Waals surface area (Å²) in [5.41, 5.74) is 1.06. The van der Waals surface area contributed by atoms with E-state index in [-0.39, 0.29) is 19.0 Å². The summed E-state index contributed by atoms with van der Waals surface area (Å²) in [6, 6.07) is 9.75. The first kappa shape index (κ1) is 12.8. The van der Waals surface area contributed by atoms with E-state index >= 15 is 0 Å². The van der Waals surface area contributed by atoms with Crippen LogP contribution in [0, 0.1) is 0 Å². The van der Waals surface area contributed by atoms with Crippen LogP contribution < -0.4 is 0 Å². The van der Waals surface area contributed by atoms with E-state index in [0.29, 0.717) is 18.8 Å². The fourth-order valence-corrected chi connectivity index (χ4v) is 2.59. The highest BCUT2D eigenvalue weighted by atomic mass is 35.5. The van der Waals surface area contributed by atoms with Crippen molar-refractivity contribution in [2.45, 2.75) is 31.4 Å². The monoisotopic (exact) mass is 259 g/mol. The van der Waals surface area contributed by atoms with Crippen LogP contribution in [0.5, 0.6) is 0 Å². The fourth-order valence-electron chi connectivity index (χ4n) is 2.24. The third-order valence-corrected chi connectivity index (χ3v) is 3.56. The van der Waals surface area contributed by atoms with Crippen molar-refractivity contribution >= 4 is 11.6 Å². The molecule has 0 N–H and O–H groups in total. The van der Waals surface area contributed by atoms with Crippen molar-refractivity contribution in [2.24, 2.45) is 0 Å². The van der Waals surface area contributed by atoms with Gasteiger partial charge in [0.2, 0.25) is 0 Å². The van der Waals surface area contributed by atoms with Gasteiger partial charge in [0.25, 0.3) is 5.92 Å². The first-order valence-electron chi connectivity index (χ1n) is 5.82. The topological polar surface area (TPSA) is 3.24 Å². The summed E-state index contributed by atoms with van der Waals surface area (Å²) in [5.74, 6) is -2.15. The number of nitrogens with zero attached hydrogens (tertiary/aromatic N) is 1. The molecule has 1 aromatic carbocycles. The second-order valence-corrected chi connectivity index (χ2v) is 4.90. The molecule has 0 aromatic heterocycles. The third-order valence-electron chi connectivity index (χ3n) is 3.20. The summed E-state index contributed by atoms with van der Waals surface area (Å²) in [6.07, 6.45) is 0.430. The van der Waals surface area contributed by atoms with Gasteiger partial charge >= 0.3 is 0 Å². The molecule has 1 atom stereocenters. The number of rotatable bonds is 3. The zero-order valence-corrected chi connectivity index (χ0v) is 10.3. The van der Waals surface area contributed by atoms with E-state index in [4.69, 9.17) is 11.6 Å². The maximum atomic E-state index is 13.4. The van der Waals surface area contributed by atoms with Crippen LogP contribution in [0.1, 0.15) is 18.4 Å². The number of piperidine rings is 1. The first-order chi connectivity index (χ1) is 8.11. The molecule has 1 heterocycles. The molecule has 0 saturated carbocycles. The van der Waals surface area contributed by atoms with Gasteiger partial charge in [0.15, 0.2) is 0 Å². The third kappa shape index (κ3) is 3.39. The van der Waals surface area contributed by atoms with E-state index in [1.165, 1.54) is 0 Å². The number of halogens is 3. The molecule has 0 radical (unpaired) electrons. The molecule has 4 heteroatoms. The van der Waals surface area contributed by atoms with E-state index in [9.17, 15) is 8.78 Å². The molecular formula is C13H16ClF2N. The minimum absolute atomic E-state index is 0.0460. The summed E-state index contributed by atoms with van der Waals surface area (Å²) in [7, 11) is 0. The van der Waals surface area contributed by atoms with Crippen LogP contribution in [0.3, 0.4) is 0 Å². The average Bonchev–Trinajstić information content (AvgIpc) is 2.30. The predicted octanol–water partition coefficient (Wildman–Crippen LogP) is 3.53. The average molecular weight is 260 g/mol. The van der Waals surface area contributed by atoms with E-state index in [1.807, 2.05) is 30.3 Å². The lowest BCUT2D eigenvalue weighted by molar-refractivity contribution is -0.0817. The molecule has 0 aliphatic carbocycles. The van der Waals surface area contributed by atoms with E-state index in [2.05, 4.69) is 0 Å². The van der Waals surface area contributed by atoms with Crippen molar-refractivity contribution in [1.29, 1.82) is 0 Å². The number of likely N-dealkylation sites (tertiary alicyclic amines) is 1. The van der Waals surface area contributed by atoms with Gasteiger partial charge < -0.3 is 0 Å². The highest BCUT2D eigenvalue weighted by Gasteiger charge is 2.39. The van der Waals surface area contributed by atoms with Gasteiger partial charge in [-0.3, -0.25) is 4.90 Å². The van der Waals surface area contributed by atoms with Crippen molar-refractivity contribution in [2.75, 3.05) is 12.4 Å².